The van der Waals surface area contributed by atoms with Crippen LogP contribution in [-0.4, -0.2) is 24.5 Å². The van der Waals surface area contributed by atoms with Gasteiger partial charge in [-0.05, 0) is 29.5 Å². The Morgan fingerprint density at radius 1 is 1.36 bits per heavy atom. The highest BCUT2D eigenvalue weighted by Gasteiger charge is 2.27. The van der Waals surface area contributed by atoms with Gasteiger partial charge in [0.25, 0.3) is 0 Å². The van der Waals surface area contributed by atoms with Gasteiger partial charge in [-0.25, -0.2) is 0 Å². The molecule has 1 aromatic heterocycles. The van der Waals surface area contributed by atoms with Crippen LogP contribution in [0.15, 0.2) is 41.8 Å². The third kappa shape index (κ3) is 3.08. The molecule has 2 aromatic rings. The second-order valence-corrected chi connectivity index (χ2v) is 6.70. The highest BCUT2D eigenvalue weighted by Crippen LogP contribution is 2.34. The lowest BCUT2D eigenvalue weighted by Crippen LogP contribution is -2.31. The largest absolute Gasteiger partial charge is 0.373 e. The number of benzene rings is 1. The molecule has 4 heteroatoms. The Bertz CT molecular complexity index is 638. The highest BCUT2D eigenvalue weighted by atomic mass is 32.1. The summed E-state index contributed by atoms with van der Waals surface area (Å²) in [6.45, 7) is 2.77. The molecule has 0 N–H and O–H groups in total. The molecule has 1 aromatic carbocycles. The van der Waals surface area contributed by atoms with Gasteiger partial charge >= 0.3 is 0 Å². The Hall–Kier alpha value is -1.65. The zero-order valence-corrected chi connectivity index (χ0v) is 13.8. The molecular formula is C18H21NO2S. The number of rotatable bonds is 4. The van der Waals surface area contributed by atoms with Crippen LogP contribution in [0.2, 0.25) is 0 Å². The first kappa shape index (κ1) is 15.3. The van der Waals surface area contributed by atoms with E-state index in [2.05, 4.69) is 30.5 Å². The van der Waals surface area contributed by atoms with E-state index in [-0.39, 0.29) is 18.1 Å². The van der Waals surface area contributed by atoms with Crippen LogP contribution in [-0.2, 0) is 16.0 Å². The van der Waals surface area contributed by atoms with Crippen molar-refractivity contribution < 1.29 is 9.53 Å². The van der Waals surface area contributed by atoms with E-state index < -0.39 is 0 Å². The maximum atomic E-state index is 12.6. The van der Waals surface area contributed by atoms with E-state index in [1.807, 2.05) is 30.1 Å². The fourth-order valence-electron chi connectivity index (χ4n) is 2.87. The summed E-state index contributed by atoms with van der Waals surface area (Å²) in [5.74, 6) is 0.125. The standard InChI is InChI=1S/C18H21NO2S/c1-13(14-6-4-3-5-7-14)19(2)18(20)12-16-15-9-11-22-17(15)8-10-21-16/h3-7,9,11,13,16H,8,10,12H2,1-2H3. The second-order valence-electron chi connectivity index (χ2n) is 5.70. The monoisotopic (exact) mass is 315 g/mol. The maximum Gasteiger partial charge on any atom is 0.225 e. The molecule has 0 aliphatic carbocycles. The summed E-state index contributed by atoms with van der Waals surface area (Å²) in [7, 11) is 1.87. The summed E-state index contributed by atoms with van der Waals surface area (Å²) in [4.78, 5) is 15.8. The van der Waals surface area contributed by atoms with E-state index in [1.165, 1.54) is 10.4 Å². The van der Waals surface area contributed by atoms with Gasteiger partial charge in [-0.2, -0.15) is 0 Å². The zero-order valence-electron chi connectivity index (χ0n) is 13.0. The smallest absolute Gasteiger partial charge is 0.225 e. The number of ether oxygens (including phenoxy) is 1. The first-order valence-corrected chi connectivity index (χ1v) is 8.53. The SMILES string of the molecule is CC(c1ccccc1)N(C)C(=O)CC1OCCc2sccc21. The highest BCUT2D eigenvalue weighted by molar-refractivity contribution is 7.10. The van der Waals surface area contributed by atoms with Crippen LogP contribution in [0.5, 0.6) is 0 Å². The molecule has 2 unspecified atom stereocenters. The number of carbonyl (C=O) groups excluding carboxylic acids is 1. The van der Waals surface area contributed by atoms with Gasteiger partial charge in [0.15, 0.2) is 0 Å². The molecule has 22 heavy (non-hydrogen) atoms. The zero-order chi connectivity index (χ0) is 15.5. The van der Waals surface area contributed by atoms with Gasteiger partial charge in [0, 0.05) is 18.3 Å². The molecule has 116 valence electrons. The Kier molecular flexibility index (Phi) is 4.60. The normalized spacial score (nSPS) is 18.5. The van der Waals surface area contributed by atoms with Crippen LogP contribution in [0.3, 0.4) is 0 Å². The number of hydrogen-bond acceptors (Lipinski definition) is 3. The number of nitrogens with zero attached hydrogens (tertiary/aromatic N) is 1. The van der Waals surface area contributed by atoms with Gasteiger partial charge in [0.2, 0.25) is 5.91 Å². The lowest BCUT2D eigenvalue weighted by atomic mass is 10.0. The lowest BCUT2D eigenvalue weighted by molar-refractivity contribution is -0.135. The van der Waals surface area contributed by atoms with E-state index in [0.717, 1.165) is 12.0 Å². The molecule has 2 heterocycles. The van der Waals surface area contributed by atoms with Crippen molar-refractivity contribution >= 4 is 17.2 Å². The van der Waals surface area contributed by atoms with Crippen LogP contribution in [0.1, 0.15) is 41.5 Å². The van der Waals surface area contributed by atoms with Gasteiger partial charge in [-0.1, -0.05) is 30.3 Å². The van der Waals surface area contributed by atoms with Crippen LogP contribution >= 0.6 is 11.3 Å². The van der Waals surface area contributed by atoms with Gasteiger partial charge in [0.1, 0.15) is 0 Å². The van der Waals surface area contributed by atoms with Crippen molar-refractivity contribution in [2.45, 2.75) is 31.9 Å². The molecule has 0 saturated carbocycles. The number of fused-ring (bicyclic) bond motifs is 1. The Labute approximate surface area is 135 Å². The fourth-order valence-corrected chi connectivity index (χ4v) is 3.78. The van der Waals surface area contributed by atoms with Gasteiger partial charge in [-0.15, -0.1) is 11.3 Å². The summed E-state index contributed by atoms with van der Waals surface area (Å²) >= 11 is 1.76. The third-order valence-corrected chi connectivity index (χ3v) is 5.39. The topological polar surface area (TPSA) is 29.5 Å². The molecule has 0 radical (unpaired) electrons. The predicted molar refractivity (Wildman–Crippen MR) is 89.0 cm³/mol. The lowest BCUT2D eigenvalue weighted by Gasteiger charge is -2.29. The van der Waals surface area contributed by atoms with E-state index in [0.29, 0.717) is 13.0 Å². The Morgan fingerprint density at radius 3 is 2.91 bits per heavy atom. The first-order chi connectivity index (χ1) is 10.7. The molecule has 1 aliphatic rings. The number of hydrogen-bond donors (Lipinski definition) is 0. The molecule has 2 atom stereocenters. The molecule has 0 spiro atoms. The third-order valence-electron chi connectivity index (χ3n) is 4.39. The van der Waals surface area contributed by atoms with Crippen molar-refractivity contribution in [3.63, 3.8) is 0 Å². The van der Waals surface area contributed by atoms with Crippen molar-refractivity contribution in [3.8, 4) is 0 Å². The fraction of sp³-hybridized carbons (Fsp3) is 0.389. The number of carbonyl (C=O) groups is 1. The van der Waals surface area contributed by atoms with Crippen LogP contribution in [0, 0.1) is 0 Å². The van der Waals surface area contributed by atoms with Gasteiger partial charge < -0.3 is 9.64 Å². The molecule has 3 rings (SSSR count). The molecule has 1 aliphatic heterocycles. The summed E-state index contributed by atoms with van der Waals surface area (Å²) in [6.07, 6.45) is 1.29. The Morgan fingerprint density at radius 2 is 2.14 bits per heavy atom. The van der Waals surface area contributed by atoms with E-state index >= 15 is 0 Å². The van der Waals surface area contributed by atoms with E-state index in [1.54, 1.807) is 11.3 Å². The minimum Gasteiger partial charge on any atom is -0.373 e. The minimum atomic E-state index is -0.0899. The molecular weight excluding hydrogens is 294 g/mol. The van der Waals surface area contributed by atoms with Crippen molar-refractivity contribution in [1.29, 1.82) is 0 Å². The quantitative estimate of drug-likeness (QED) is 0.854. The van der Waals surface area contributed by atoms with Crippen molar-refractivity contribution in [3.05, 3.63) is 57.8 Å². The van der Waals surface area contributed by atoms with E-state index in [4.69, 9.17) is 4.74 Å². The summed E-state index contributed by atoms with van der Waals surface area (Å²) in [5.41, 5.74) is 2.35. The summed E-state index contributed by atoms with van der Waals surface area (Å²) < 4.78 is 5.83. The predicted octanol–water partition coefficient (Wildman–Crippen LogP) is 3.97. The van der Waals surface area contributed by atoms with E-state index in [9.17, 15) is 4.79 Å². The molecule has 0 saturated heterocycles. The maximum absolute atomic E-state index is 12.6. The van der Waals surface area contributed by atoms with Gasteiger partial charge in [-0.3, -0.25) is 4.79 Å². The van der Waals surface area contributed by atoms with Crippen LogP contribution in [0.25, 0.3) is 0 Å². The molecule has 3 nitrogen and oxygen atoms in total. The Balaban J connectivity index is 1.68. The average Bonchev–Trinajstić information content (AvgIpc) is 3.04. The molecule has 0 bridgehead atoms. The summed E-state index contributed by atoms with van der Waals surface area (Å²) in [5, 5.41) is 2.09. The van der Waals surface area contributed by atoms with Crippen molar-refractivity contribution in [2.24, 2.45) is 0 Å². The average molecular weight is 315 g/mol. The van der Waals surface area contributed by atoms with Crippen molar-refractivity contribution in [2.75, 3.05) is 13.7 Å². The minimum absolute atomic E-state index is 0.0687. The van der Waals surface area contributed by atoms with Crippen LogP contribution in [0.4, 0.5) is 0 Å². The molecule has 1 amide bonds. The molecule has 0 fully saturated rings. The van der Waals surface area contributed by atoms with Crippen molar-refractivity contribution in [1.82, 2.24) is 4.90 Å². The summed E-state index contributed by atoms with van der Waals surface area (Å²) in [6, 6.07) is 12.3. The second kappa shape index (κ2) is 6.63. The van der Waals surface area contributed by atoms with Crippen LogP contribution < -0.4 is 0 Å². The first-order valence-electron chi connectivity index (χ1n) is 7.65. The number of amides is 1. The number of thiophene rings is 1. The van der Waals surface area contributed by atoms with Gasteiger partial charge in [0.05, 0.1) is 25.2 Å².